The Hall–Kier alpha value is -0.900. The van der Waals surface area contributed by atoms with Crippen LogP contribution in [0, 0.1) is 12.8 Å². The Morgan fingerprint density at radius 2 is 1.85 bits per heavy atom. The summed E-state index contributed by atoms with van der Waals surface area (Å²) in [4.78, 5) is 2.14. The van der Waals surface area contributed by atoms with Gasteiger partial charge in [-0.05, 0) is 38.3 Å². The maximum Gasteiger partial charge on any atom is 0.0916 e. The van der Waals surface area contributed by atoms with Crippen molar-refractivity contribution < 1.29 is 10.2 Å². The highest BCUT2D eigenvalue weighted by molar-refractivity contribution is 5.23. The molecule has 112 valence electrons. The Labute approximate surface area is 122 Å². The maximum atomic E-state index is 10.3. The lowest BCUT2D eigenvalue weighted by Crippen LogP contribution is -2.36. The second kappa shape index (κ2) is 7.21. The van der Waals surface area contributed by atoms with Gasteiger partial charge in [0.15, 0.2) is 0 Å². The molecule has 0 radical (unpaired) electrons. The van der Waals surface area contributed by atoms with E-state index in [2.05, 4.69) is 4.90 Å². The number of rotatable bonds is 5. The monoisotopic (exact) mass is 277 g/mol. The molecule has 20 heavy (non-hydrogen) atoms. The van der Waals surface area contributed by atoms with Gasteiger partial charge in [-0.1, -0.05) is 42.7 Å². The smallest absolute Gasteiger partial charge is 0.0916 e. The minimum atomic E-state index is -0.457. The van der Waals surface area contributed by atoms with Crippen LogP contribution in [0.15, 0.2) is 24.3 Å². The van der Waals surface area contributed by atoms with Gasteiger partial charge >= 0.3 is 0 Å². The molecule has 0 heterocycles. The molecular weight excluding hydrogens is 250 g/mol. The van der Waals surface area contributed by atoms with Crippen molar-refractivity contribution in [1.82, 2.24) is 4.90 Å². The number of benzene rings is 1. The first-order valence-corrected chi connectivity index (χ1v) is 7.67. The zero-order chi connectivity index (χ0) is 14.5. The zero-order valence-corrected chi connectivity index (χ0v) is 12.6. The van der Waals surface area contributed by atoms with Crippen molar-refractivity contribution in [3.8, 4) is 0 Å². The topological polar surface area (TPSA) is 43.7 Å². The van der Waals surface area contributed by atoms with Gasteiger partial charge < -0.3 is 15.1 Å². The summed E-state index contributed by atoms with van der Waals surface area (Å²) in [5.41, 5.74) is 2.17. The molecule has 3 heteroatoms. The van der Waals surface area contributed by atoms with Crippen molar-refractivity contribution in [2.24, 2.45) is 5.92 Å². The number of hydrogen-bond donors (Lipinski definition) is 2. The van der Waals surface area contributed by atoms with E-state index in [0.717, 1.165) is 31.4 Å². The molecule has 0 aromatic heterocycles. The van der Waals surface area contributed by atoms with E-state index in [0.29, 0.717) is 12.5 Å². The molecule has 3 nitrogen and oxygen atoms in total. The summed E-state index contributed by atoms with van der Waals surface area (Å²) in [7, 11) is 2.03. The highest BCUT2D eigenvalue weighted by Gasteiger charge is 2.24. The van der Waals surface area contributed by atoms with Crippen LogP contribution in [0.2, 0.25) is 0 Å². The van der Waals surface area contributed by atoms with Crippen molar-refractivity contribution >= 4 is 0 Å². The number of aryl methyl sites for hydroxylation is 1. The van der Waals surface area contributed by atoms with Crippen LogP contribution in [0.1, 0.15) is 42.9 Å². The Morgan fingerprint density at radius 3 is 2.50 bits per heavy atom. The van der Waals surface area contributed by atoms with Crippen LogP contribution in [0.25, 0.3) is 0 Å². The van der Waals surface area contributed by atoms with E-state index in [1.54, 1.807) is 0 Å². The Morgan fingerprint density at radius 1 is 1.20 bits per heavy atom. The minimum absolute atomic E-state index is 0.164. The summed E-state index contributed by atoms with van der Waals surface area (Å²) in [6, 6.07) is 8.04. The Bertz CT molecular complexity index is 404. The first kappa shape index (κ1) is 15.5. The predicted molar refractivity (Wildman–Crippen MR) is 81.6 cm³/mol. The molecule has 1 aromatic rings. The molecular formula is C17H27NO2. The van der Waals surface area contributed by atoms with Gasteiger partial charge in [0.2, 0.25) is 0 Å². The summed E-state index contributed by atoms with van der Waals surface area (Å²) in [6.45, 7) is 3.53. The summed E-state index contributed by atoms with van der Waals surface area (Å²) >= 11 is 0. The van der Waals surface area contributed by atoms with E-state index in [-0.39, 0.29) is 6.10 Å². The zero-order valence-electron chi connectivity index (χ0n) is 12.6. The highest BCUT2D eigenvalue weighted by atomic mass is 16.3. The molecule has 2 N–H and O–H groups in total. The van der Waals surface area contributed by atoms with Crippen LogP contribution < -0.4 is 0 Å². The summed E-state index contributed by atoms with van der Waals surface area (Å²) in [5, 5.41) is 20.3. The number of aliphatic hydroxyl groups excluding tert-OH is 2. The van der Waals surface area contributed by atoms with E-state index in [1.807, 2.05) is 38.2 Å². The molecule has 1 aliphatic rings. The Balaban J connectivity index is 1.84. The average Bonchev–Trinajstić information content (AvgIpc) is 2.42. The van der Waals surface area contributed by atoms with Gasteiger partial charge in [-0.2, -0.15) is 0 Å². The summed E-state index contributed by atoms with van der Waals surface area (Å²) in [5.74, 6) is 0.360. The lowest BCUT2D eigenvalue weighted by atomic mass is 9.86. The van der Waals surface area contributed by atoms with Crippen LogP contribution in [-0.2, 0) is 0 Å². The molecule has 1 saturated carbocycles. The van der Waals surface area contributed by atoms with Gasteiger partial charge in [0.1, 0.15) is 0 Å². The van der Waals surface area contributed by atoms with E-state index in [1.165, 1.54) is 12.0 Å². The predicted octanol–water partition coefficient (Wildman–Crippen LogP) is 2.51. The molecule has 3 unspecified atom stereocenters. The fraction of sp³-hybridized carbons (Fsp3) is 0.647. The van der Waals surface area contributed by atoms with Gasteiger partial charge in [0, 0.05) is 13.1 Å². The Kier molecular flexibility index (Phi) is 5.58. The van der Waals surface area contributed by atoms with Crippen LogP contribution in [0.5, 0.6) is 0 Å². The third-order valence-electron chi connectivity index (χ3n) is 4.36. The summed E-state index contributed by atoms with van der Waals surface area (Å²) < 4.78 is 0. The third-order valence-corrected chi connectivity index (χ3v) is 4.36. The summed E-state index contributed by atoms with van der Waals surface area (Å²) in [6.07, 6.45) is 3.78. The molecule has 2 rings (SSSR count). The number of likely N-dealkylation sites (N-methyl/N-ethyl adjacent to an activating group) is 1. The first-order valence-electron chi connectivity index (χ1n) is 7.67. The number of aliphatic hydroxyl groups is 2. The molecule has 3 atom stereocenters. The largest absolute Gasteiger partial charge is 0.393 e. The fourth-order valence-electron chi connectivity index (χ4n) is 3.07. The first-order chi connectivity index (χ1) is 9.56. The SMILES string of the molecule is Cc1ccc(C(O)CN(C)CC2CCCCC2O)cc1. The highest BCUT2D eigenvalue weighted by Crippen LogP contribution is 2.25. The van der Waals surface area contributed by atoms with Crippen molar-refractivity contribution in [2.75, 3.05) is 20.1 Å². The second-order valence-corrected chi connectivity index (χ2v) is 6.26. The third kappa shape index (κ3) is 4.30. The standard InChI is InChI=1S/C17H27NO2/c1-13-7-9-14(10-8-13)17(20)12-18(2)11-15-5-3-4-6-16(15)19/h7-10,15-17,19-20H,3-6,11-12H2,1-2H3. The normalized spacial score (nSPS) is 24.9. The van der Waals surface area contributed by atoms with Crippen molar-refractivity contribution in [3.63, 3.8) is 0 Å². The molecule has 1 aromatic carbocycles. The van der Waals surface area contributed by atoms with E-state index in [4.69, 9.17) is 0 Å². The molecule has 0 saturated heterocycles. The van der Waals surface area contributed by atoms with E-state index in [9.17, 15) is 10.2 Å². The molecule has 1 aliphatic carbocycles. The average molecular weight is 277 g/mol. The quantitative estimate of drug-likeness (QED) is 0.869. The van der Waals surface area contributed by atoms with Gasteiger partial charge in [-0.15, -0.1) is 0 Å². The van der Waals surface area contributed by atoms with Crippen LogP contribution in [0.3, 0.4) is 0 Å². The van der Waals surface area contributed by atoms with Gasteiger partial charge in [0.05, 0.1) is 12.2 Å². The molecule has 0 aliphatic heterocycles. The van der Waals surface area contributed by atoms with E-state index >= 15 is 0 Å². The van der Waals surface area contributed by atoms with Crippen LogP contribution >= 0.6 is 0 Å². The molecule has 0 spiro atoms. The van der Waals surface area contributed by atoms with Crippen molar-refractivity contribution in [2.45, 2.75) is 44.8 Å². The minimum Gasteiger partial charge on any atom is -0.393 e. The second-order valence-electron chi connectivity index (χ2n) is 6.26. The molecule has 1 fully saturated rings. The fourth-order valence-corrected chi connectivity index (χ4v) is 3.07. The van der Waals surface area contributed by atoms with Gasteiger partial charge in [-0.3, -0.25) is 0 Å². The molecule has 0 bridgehead atoms. The van der Waals surface area contributed by atoms with Gasteiger partial charge in [-0.25, -0.2) is 0 Å². The van der Waals surface area contributed by atoms with Gasteiger partial charge in [0.25, 0.3) is 0 Å². The van der Waals surface area contributed by atoms with Crippen LogP contribution in [-0.4, -0.2) is 41.4 Å². The van der Waals surface area contributed by atoms with Crippen LogP contribution in [0.4, 0.5) is 0 Å². The maximum absolute atomic E-state index is 10.3. The van der Waals surface area contributed by atoms with E-state index < -0.39 is 6.10 Å². The molecule has 0 amide bonds. The lowest BCUT2D eigenvalue weighted by Gasteiger charge is -2.32. The number of hydrogen-bond acceptors (Lipinski definition) is 3. The number of nitrogens with zero attached hydrogens (tertiary/aromatic N) is 1. The van der Waals surface area contributed by atoms with Crippen molar-refractivity contribution in [3.05, 3.63) is 35.4 Å². The lowest BCUT2D eigenvalue weighted by molar-refractivity contribution is 0.0400. The van der Waals surface area contributed by atoms with Crippen molar-refractivity contribution in [1.29, 1.82) is 0 Å².